The number of nitrogens with one attached hydrogen (secondary N) is 1. The maximum absolute atomic E-state index is 8.69. The molecule has 0 bridgehead atoms. The zero-order chi connectivity index (χ0) is 12.3. The standard InChI is InChI=1S/C13H14N4/c1-10-7-13(17(2)16-10)9-15-12-5-3-11(8-14)4-6-12/h3-7,15H,9H2,1-2H3. The Hall–Kier alpha value is -2.28. The predicted octanol–water partition coefficient (Wildman–Crippen LogP) is 2.21. The van der Waals surface area contributed by atoms with Crippen molar-refractivity contribution in [3.8, 4) is 6.07 Å². The Morgan fingerprint density at radius 1 is 1.35 bits per heavy atom. The Kier molecular flexibility index (Phi) is 3.10. The SMILES string of the molecule is Cc1cc(CNc2ccc(C#N)cc2)n(C)n1. The fraction of sp³-hybridized carbons (Fsp3) is 0.231. The highest BCUT2D eigenvalue weighted by molar-refractivity contribution is 5.47. The molecule has 0 unspecified atom stereocenters. The third-order valence-corrected chi connectivity index (χ3v) is 2.59. The van der Waals surface area contributed by atoms with E-state index in [2.05, 4.69) is 22.6 Å². The van der Waals surface area contributed by atoms with E-state index >= 15 is 0 Å². The summed E-state index contributed by atoms with van der Waals surface area (Å²) in [6, 6.07) is 11.6. The number of hydrogen-bond donors (Lipinski definition) is 1. The Labute approximate surface area is 100 Å². The summed E-state index contributed by atoms with van der Waals surface area (Å²) in [6.45, 7) is 2.70. The number of aryl methyl sites for hydroxylation is 2. The lowest BCUT2D eigenvalue weighted by Crippen LogP contribution is -2.05. The third kappa shape index (κ3) is 2.64. The summed E-state index contributed by atoms with van der Waals surface area (Å²) in [4.78, 5) is 0. The number of rotatable bonds is 3. The molecule has 0 fully saturated rings. The average Bonchev–Trinajstić information content (AvgIpc) is 2.66. The number of aromatic nitrogens is 2. The van der Waals surface area contributed by atoms with Crippen molar-refractivity contribution in [2.24, 2.45) is 7.05 Å². The van der Waals surface area contributed by atoms with Gasteiger partial charge in [0.1, 0.15) is 0 Å². The molecule has 2 rings (SSSR count). The fourth-order valence-electron chi connectivity index (χ4n) is 1.68. The minimum atomic E-state index is 0.673. The Bertz CT molecular complexity index is 546. The van der Waals surface area contributed by atoms with Crippen LogP contribution in [0.4, 0.5) is 5.69 Å². The van der Waals surface area contributed by atoms with Gasteiger partial charge in [-0.1, -0.05) is 0 Å². The summed E-state index contributed by atoms with van der Waals surface area (Å²) >= 11 is 0. The van der Waals surface area contributed by atoms with E-state index in [4.69, 9.17) is 5.26 Å². The molecule has 4 nitrogen and oxygen atoms in total. The van der Waals surface area contributed by atoms with E-state index in [0.29, 0.717) is 5.56 Å². The molecule has 2 aromatic rings. The first-order chi connectivity index (χ1) is 8.19. The highest BCUT2D eigenvalue weighted by Crippen LogP contribution is 2.11. The fourth-order valence-corrected chi connectivity index (χ4v) is 1.68. The quantitative estimate of drug-likeness (QED) is 0.873. The average molecular weight is 226 g/mol. The van der Waals surface area contributed by atoms with Crippen LogP contribution in [0.25, 0.3) is 0 Å². The normalized spacial score (nSPS) is 9.94. The summed E-state index contributed by atoms with van der Waals surface area (Å²) < 4.78 is 1.87. The van der Waals surface area contributed by atoms with Crippen molar-refractivity contribution in [1.29, 1.82) is 5.26 Å². The van der Waals surface area contributed by atoms with Gasteiger partial charge >= 0.3 is 0 Å². The molecule has 1 aromatic carbocycles. The Morgan fingerprint density at radius 3 is 2.59 bits per heavy atom. The van der Waals surface area contributed by atoms with Crippen LogP contribution in [0.1, 0.15) is 17.0 Å². The summed E-state index contributed by atoms with van der Waals surface area (Å²) in [7, 11) is 1.93. The van der Waals surface area contributed by atoms with Crippen molar-refractivity contribution >= 4 is 5.69 Å². The van der Waals surface area contributed by atoms with Gasteiger partial charge in [-0.2, -0.15) is 10.4 Å². The van der Waals surface area contributed by atoms with E-state index < -0.39 is 0 Å². The largest absolute Gasteiger partial charge is 0.379 e. The van der Waals surface area contributed by atoms with E-state index in [1.807, 2.05) is 30.8 Å². The molecule has 17 heavy (non-hydrogen) atoms. The number of hydrogen-bond acceptors (Lipinski definition) is 3. The van der Waals surface area contributed by atoms with Crippen LogP contribution in [0, 0.1) is 18.3 Å². The van der Waals surface area contributed by atoms with Crippen LogP contribution in [-0.4, -0.2) is 9.78 Å². The van der Waals surface area contributed by atoms with Gasteiger partial charge in [0, 0.05) is 12.7 Å². The smallest absolute Gasteiger partial charge is 0.0991 e. The molecule has 0 radical (unpaired) electrons. The van der Waals surface area contributed by atoms with Crippen LogP contribution in [0.3, 0.4) is 0 Å². The highest BCUT2D eigenvalue weighted by atomic mass is 15.3. The van der Waals surface area contributed by atoms with Crippen molar-refractivity contribution in [3.63, 3.8) is 0 Å². The van der Waals surface area contributed by atoms with Gasteiger partial charge in [0.05, 0.1) is 29.6 Å². The molecule has 1 N–H and O–H groups in total. The second-order valence-electron chi connectivity index (χ2n) is 3.94. The van der Waals surface area contributed by atoms with Crippen LogP contribution >= 0.6 is 0 Å². The molecule has 0 aliphatic rings. The van der Waals surface area contributed by atoms with Crippen molar-refractivity contribution in [3.05, 3.63) is 47.3 Å². The Morgan fingerprint density at radius 2 is 2.06 bits per heavy atom. The second-order valence-corrected chi connectivity index (χ2v) is 3.94. The van der Waals surface area contributed by atoms with E-state index in [1.54, 1.807) is 12.1 Å². The number of benzene rings is 1. The number of anilines is 1. The monoisotopic (exact) mass is 226 g/mol. The van der Waals surface area contributed by atoms with Gasteiger partial charge in [0.15, 0.2) is 0 Å². The molecule has 86 valence electrons. The first-order valence-electron chi connectivity index (χ1n) is 5.42. The van der Waals surface area contributed by atoms with Gasteiger partial charge in [-0.25, -0.2) is 0 Å². The van der Waals surface area contributed by atoms with Gasteiger partial charge in [-0.15, -0.1) is 0 Å². The van der Waals surface area contributed by atoms with Crippen LogP contribution in [0.2, 0.25) is 0 Å². The zero-order valence-electron chi connectivity index (χ0n) is 9.94. The lowest BCUT2D eigenvalue weighted by atomic mass is 10.2. The molecule has 0 aliphatic heterocycles. The summed E-state index contributed by atoms with van der Waals surface area (Å²) in [5.41, 5.74) is 3.82. The van der Waals surface area contributed by atoms with E-state index in [9.17, 15) is 0 Å². The minimum Gasteiger partial charge on any atom is -0.379 e. The van der Waals surface area contributed by atoms with Crippen molar-refractivity contribution in [2.75, 3.05) is 5.32 Å². The lowest BCUT2D eigenvalue weighted by molar-refractivity contribution is 0.713. The summed E-state index contributed by atoms with van der Waals surface area (Å²) in [6.07, 6.45) is 0. The molecule has 1 heterocycles. The van der Waals surface area contributed by atoms with Gasteiger partial charge in [-0.3, -0.25) is 4.68 Å². The van der Waals surface area contributed by atoms with Crippen LogP contribution in [-0.2, 0) is 13.6 Å². The molecular weight excluding hydrogens is 212 g/mol. The molecular formula is C13H14N4. The summed E-state index contributed by atoms with van der Waals surface area (Å²) in [5, 5.41) is 16.3. The van der Waals surface area contributed by atoms with Gasteiger partial charge in [0.2, 0.25) is 0 Å². The summed E-state index contributed by atoms with van der Waals surface area (Å²) in [5.74, 6) is 0. The molecule has 0 spiro atoms. The van der Waals surface area contributed by atoms with Crippen molar-refractivity contribution < 1.29 is 0 Å². The molecule has 0 atom stereocenters. The molecule has 0 amide bonds. The Balaban J connectivity index is 2.02. The molecule has 0 saturated heterocycles. The minimum absolute atomic E-state index is 0.673. The van der Waals surface area contributed by atoms with E-state index in [1.165, 1.54) is 0 Å². The maximum atomic E-state index is 8.69. The number of nitrogens with zero attached hydrogens (tertiary/aromatic N) is 3. The van der Waals surface area contributed by atoms with Crippen molar-refractivity contribution in [2.45, 2.75) is 13.5 Å². The van der Waals surface area contributed by atoms with Gasteiger partial charge < -0.3 is 5.32 Å². The maximum Gasteiger partial charge on any atom is 0.0991 e. The zero-order valence-corrected chi connectivity index (χ0v) is 9.94. The lowest BCUT2D eigenvalue weighted by Gasteiger charge is -2.06. The van der Waals surface area contributed by atoms with Crippen LogP contribution in [0.5, 0.6) is 0 Å². The van der Waals surface area contributed by atoms with E-state index in [-0.39, 0.29) is 0 Å². The highest BCUT2D eigenvalue weighted by Gasteiger charge is 2.01. The molecule has 0 aliphatic carbocycles. The molecule has 1 aromatic heterocycles. The van der Waals surface area contributed by atoms with Crippen molar-refractivity contribution in [1.82, 2.24) is 9.78 Å². The molecule has 0 saturated carbocycles. The van der Waals surface area contributed by atoms with Crippen LogP contribution in [0.15, 0.2) is 30.3 Å². The van der Waals surface area contributed by atoms with Gasteiger partial charge in [0.25, 0.3) is 0 Å². The first kappa shape index (κ1) is 11.2. The number of nitriles is 1. The van der Waals surface area contributed by atoms with E-state index in [0.717, 1.165) is 23.6 Å². The second kappa shape index (κ2) is 4.71. The third-order valence-electron chi connectivity index (χ3n) is 2.59. The first-order valence-corrected chi connectivity index (χ1v) is 5.42. The van der Waals surface area contributed by atoms with Crippen LogP contribution < -0.4 is 5.32 Å². The predicted molar refractivity (Wildman–Crippen MR) is 66.4 cm³/mol. The topological polar surface area (TPSA) is 53.6 Å². The molecule has 4 heteroatoms. The van der Waals surface area contributed by atoms with Gasteiger partial charge in [-0.05, 0) is 37.3 Å².